The summed E-state index contributed by atoms with van der Waals surface area (Å²) in [6.07, 6.45) is -4.14. The van der Waals surface area contributed by atoms with Gasteiger partial charge in [0.1, 0.15) is 5.82 Å². The van der Waals surface area contributed by atoms with Crippen molar-refractivity contribution in [1.82, 2.24) is 4.98 Å². The van der Waals surface area contributed by atoms with Crippen molar-refractivity contribution in [2.24, 2.45) is 0 Å². The molecule has 1 N–H and O–H groups in total. The van der Waals surface area contributed by atoms with Crippen LogP contribution in [0.15, 0.2) is 18.3 Å². The fraction of sp³-hybridized carbons (Fsp3) is 0.143. The topological polar surface area (TPSA) is 50.2 Å². The molecule has 0 unspecified atom stereocenters. The van der Waals surface area contributed by atoms with Gasteiger partial charge in [-0.25, -0.2) is 9.18 Å². The van der Waals surface area contributed by atoms with Crippen LogP contribution in [0.25, 0.3) is 11.3 Å². The van der Waals surface area contributed by atoms with Gasteiger partial charge in [0.25, 0.3) is 0 Å². The van der Waals surface area contributed by atoms with E-state index in [2.05, 4.69) is 4.98 Å². The van der Waals surface area contributed by atoms with E-state index in [4.69, 9.17) is 28.3 Å². The predicted molar refractivity (Wildman–Crippen MR) is 76.3 cm³/mol. The maximum atomic E-state index is 14.0. The Balaban J connectivity index is 2.71. The van der Waals surface area contributed by atoms with Crippen molar-refractivity contribution in [2.45, 2.75) is 13.1 Å². The van der Waals surface area contributed by atoms with E-state index in [1.54, 1.807) is 0 Å². The second kappa shape index (κ2) is 5.98. The Kier molecular flexibility index (Phi) is 4.54. The number of carboxylic acid groups (broad SMARTS) is 1. The third-order valence-corrected chi connectivity index (χ3v) is 3.89. The number of aromatic carboxylic acids is 1. The van der Waals surface area contributed by atoms with E-state index in [1.807, 2.05) is 0 Å². The first-order valence-corrected chi connectivity index (χ1v) is 6.74. The summed E-state index contributed by atoms with van der Waals surface area (Å²) in [6, 6.07) is 1.62. The van der Waals surface area contributed by atoms with Gasteiger partial charge in [0, 0.05) is 11.8 Å². The molecule has 0 radical (unpaired) electrons. The summed E-state index contributed by atoms with van der Waals surface area (Å²) in [5.74, 6) is -2.37. The van der Waals surface area contributed by atoms with Crippen LogP contribution in [-0.2, 0) is 6.18 Å². The molecule has 0 saturated heterocycles. The minimum absolute atomic E-state index is 0.297. The number of carbonyl (C=O) groups is 1. The van der Waals surface area contributed by atoms with E-state index in [0.717, 1.165) is 19.1 Å². The van der Waals surface area contributed by atoms with E-state index >= 15 is 0 Å². The molecule has 0 bridgehead atoms. The van der Waals surface area contributed by atoms with Crippen molar-refractivity contribution in [3.63, 3.8) is 0 Å². The van der Waals surface area contributed by atoms with Gasteiger partial charge in [-0.1, -0.05) is 23.2 Å². The molecule has 0 amide bonds. The van der Waals surface area contributed by atoms with Crippen LogP contribution in [0.5, 0.6) is 0 Å². The summed E-state index contributed by atoms with van der Waals surface area (Å²) < 4.78 is 52.4. The standard InChI is InChI=1S/C14H7Cl2F4NO2/c1-5-8(14(18,19)20)4-21-12(11(5)16)7-2-6(13(22)23)9(15)3-10(7)17/h2-4H,1H3,(H,22,23). The highest BCUT2D eigenvalue weighted by Gasteiger charge is 2.34. The van der Waals surface area contributed by atoms with Crippen molar-refractivity contribution >= 4 is 29.2 Å². The van der Waals surface area contributed by atoms with E-state index in [0.29, 0.717) is 6.20 Å². The lowest BCUT2D eigenvalue weighted by Gasteiger charge is -2.14. The summed E-state index contributed by atoms with van der Waals surface area (Å²) in [5, 5.41) is 8.23. The predicted octanol–water partition coefficient (Wildman–Crippen LogP) is 5.22. The first-order chi connectivity index (χ1) is 10.5. The second-order valence-corrected chi connectivity index (χ2v) is 5.36. The molecule has 0 aliphatic carbocycles. The molecule has 0 spiro atoms. The van der Waals surface area contributed by atoms with Gasteiger partial charge in [0.05, 0.1) is 26.9 Å². The lowest BCUT2D eigenvalue weighted by Crippen LogP contribution is -2.09. The van der Waals surface area contributed by atoms with Crippen LogP contribution >= 0.6 is 23.2 Å². The quantitative estimate of drug-likeness (QED) is 0.740. The smallest absolute Gasteiger partial charge is 0.418 e. The van der Waals surface area contributed by atoms with E-state index in [-0.39, 0.29) is 21.8 Å². The van der Waals surface area contributed by atoms with Gasteiger partial charge in [0.2, 0.25) is 0 Å². The van der Waals surface area contributed by atoms with Crippen LogP contribution in [0.3, 0.4) is 0 Å². The van der Waals surface area contributed by atoms with Gasteiger partial charge in [-0.15, -0.1) is 0 Å². The Labute approximate surface area is 137 Å². The first kappa shape index (κ1) is 17.5. The maximum Gasteiger partial charge on any atom is 0.418 e. The molecule has 1 aromatic heterocycles. The summed E-state index contributed by atoms with van der Waals surface area (Å²) in [6.45, 7) is 1.11. The van der Waals surface area contributed by atoms with Crippen LogP contribution in [-0.4, -0.2) is 16.1 Å². The number of benzene rings is 1. The van der Waals surface area contributed by atoms with Gasteiger partial charge < -0.3 is 5.11 Å². The molecule has 1 heterocycles. The number of alkyl halides is 3. The fourth-order valence-corrected chi connectivity index (χ4v) is 2.43. The zero-order chi connectivity index (χ0) is 17.5. The molecule has 9 heteroatoms. The summed E-state index contributed by atoms with van der Waals surface area (Å²) in [5.41, 5.74) is -2.46. The number of nitrogens with zero attached hydrogens (tertiary/aromatic N) is 1. The third kappa shape index (κ3) is 3.25. The Hall–Kier alpha value is -1.86. The molecule has 0 saturated carbocycles. The minimum atomic E-state index is -4.66. The first-order valence-electron chi connectivity index (χ1n) is 5.99. The molecule has 23 heavy (non-hydrogen) atoms. The monoisotopic (exact) mass is 367 g/mol. The molecule has 3 nitrogen and oxygen atoms in total. The highest BCUT2D eigenvalue weighted by Crippen LogP contribution is 2.39. The molecule has 2 rings (SSSR count). The molecule has 122 valence electrons. The average molecular weight is 368 g/mol. The molecule has 2 aromatic rings. The molecular formula is C14H7Cl2F4NO2. The zero-order valence-electron chi connectivity index (χ0n) is 11.3. The molecule has 0 aliphatic heterocycles. The van der Waals surface area contributed by atoms with E-state index in [1.165, 1.54) is 0 Å². The third-order valence-electron chi connectivity index (χ3n) is 3.11. The Morgan fingerprint density at radius 2 is 1.87 bits per heavy atom. The summed E-state index contributed by atoms with van der Waals surface area (Å²) in [7, 11) is 0. The number of halogens is 6. The number of carboxylic acids is 1. The molecule has 0 fully saturated rings. The Morgan fingerprint density at radius 1 is 1.26 bits per heavy atom. The average Bonchev–Trinajstić information content (AvgIpc) is 2.40. The Morgan fingerprint density at radius 3 is 2.39 bits per heavy atom. The van der Waals surface area contributed by atoms with Gasteiger partial charge in [0.15, 0.2) is 0 Å². The van der Waals surface area contributed by atoms with Crippen molar-refractivity contribution in [1.29, 1.82) is 0 Å². The number of hydrogen-bond acceptors (Lipinski definition) is 2. The Bertz CT molecular complexity index is 806. The highest BCUT2D eigenvalue weighted by molar-refractivity contribution is 6.34. The van der Waals surface area contributed by atoms with Crippen molar-refractivity contribution in [3.05, 3.63) is 50.9 Å². The SMILES string of the molecule is Cc1c(C(F)(F)F)cnc(-c2cc(C(=O)O)c(Cl)cc2F)c1Cl. The molecular weight excluding hydrogens is 361 g/mol. The maximum absolute atomic E-state index is 14.0. The molecule has 0 atom stereocenters. The highest BCUT2D eigenvalue weighted by atomic mass is 35.5. The fourth-order valence-electron chi connectivity index (χ4n) is 1.95. The van der Waals surface area contributed by atoms with Crippen LogP contribution < -0.4 is 0 Å². The number of rotatable bonds is 2. The number of pyridine rings is 1. The summed E-state index contributed by atoms with van der Waals surface area (Å²) in [4.78, 5) is 14.6. The van der Waals surface area contributed by atoms with Crippen LogP contribution in [0.2, 0.25) is 10.0 Å². The number of hydrogen-bond donors (Lipinski definition) is 1. The second-order valence-electron chi connectivity index (χ2n) is 4.57. The lowest BCUT2D eigenvalue weighted by molar-refractivity contribution is -0.138. The van der Waals surface area contributed by atoms with Gasteiger partial charge in [-0.05, 0) is 24.6 Å². The van der Waals surface area contributed by atoms with Crippen LogP contribution in [0.4, 0.5) is 17.6 Å². The summed E-state index contributed by atoms with van der Waals surface area (Å²) >= 11 is 11.5. The zero-order valence-corrected chi connectivity index (χ0v) is 12.8. The van der Waals surface area contributed by atoms with Gasteiger partial charge in [-0.2, -0.15) is 13.2 Å². The van der Waals surface area contributed by atoms with Gasteiger partial charge >= 0.3 is 12.1 Å². The van der Waals surface area contributed by atoms with E-state index in [9.17, 15) is 22.4 Å². The molecule has 1 aromatic carbocycles. The van der Waals surface area contributed by atoms with E-state index < -0.39 is 34.1 Å². The van der Waals surface area contributed by atoms with Crippen LogP contribution in [0.1, 0.15) is 21.5 Å². The number of aromatic nitrogens is 1. The van der Waals surface area contributed by atoms with Crippen LogP contribution in [0, 0.1) is 12.7 Å². The lowest BCUT2D eigenvalue weighted by atomic mass is 10.0. The molecule has 0 aliphatic rings. The normalized spacial score (nSPS) is 11.6. The van der Waals surface area contributed by atoms with Crippen molar-refractivity contribution < 1.29 is 27.5 Å². The largest absolute Gasteiger partial charge is 0.478 e. The van der Waals surface area contributed by atoms with Crippen molar-refractivity contribution in [3.8, 4) is 11.3 Å². The minimum Gasteiger partial charge on any atom is -0.478 e. The van der Waals surface area contributed by atoms with Crippen molar-refractivity contribution in [2.75, 3.05) is 0 Å². The van der Waals surface area contributed by atoms with Gasteiger partial charge in [-0.3, -0.25) is 4.98 Å².